The summed E-state index contributed by atoms with van der Waals surface area (Å²) in [5.41, 5.74) is 1.27. The fourth-order valence-corrected chi connectivity index (χ4v) is 2.14. The maximum atomic E-state index is 11.0. The third kappa shape index (κ3) is 3.34. The molecule has 1 rings (SSSR count). The van der Waals surface area contributed by atoms with Gasteiger partial charge >= 0.3 is 5.97 Å². The van der Waals surface area contributed by atoms with Crippen molar-refractivity contribution in [3.63, 3.8) is 0 Å². The smallest absolute Gasteiger partial charge is 0.305 e. The molecule has 0 fully saturated rings. The standard InChI is InChI=1S/C12H20O3/c1-8-6-10(4-5-11(13)15-3)7-9(2)12(8)14/h6,8-9,12,14H,4-5,7H2,1-3H3. The summed E-state index contributed by atoms with van der Waals surface area (Å²) in [7, 11) is 1.41. The summed E-state index contributed by atoms with van der Waals surface area (Å²) < 4.78 is 4.60. The number of carbonyl (C=O) groups is 1. The molecule has 3 heteroatoms. The predicted molar refractivity (Wildman–Crippen MR) is 58.3 cm³/mol. The minimum atomic E-state index is -0.244. The molecule has 0 saturated carbocycles. The summed E-state index contributed by atoms with van der Waals surface area (Å²) in [4.78, 5) is 11.0. The lowest BCUT2D eigenvalue weighted by Crippen LogP contribution is -2.28. The average molecular weight is 212 g/mol. The quantitative estimate of drug-likeness (QED) is 0.574. The normalized spacial score (nSPS) is 30.9. The van der Waals surface area contributed by atoms with Gasteiger partial charge < -0.3 is 9.84 Å². The Morgan fingerprint density at radius 2 is 2.27 bits per heavy atom. The van der Waals surface area contributed by atoms with Crippen molar-refractivity contribution in [2.24, 2.45) is 11.8 Å². The van der Waals surface area contributed by atoms with Gasteiger partial charge in [-0.3, -0.25) is 4.79 Å². The van der Waals surface area contributed by atoms with Gasteiger partial charge in [0.25, 0.3) is 0 Å². The number of aliphatic hydroxyl groups is 1. The minimum Gasteiger partial charge on any atom is -0.469 e. The van der Waals surface area contributed by atoms with E-state index in [4.69, 9.17) is 0 Å². The highest BCUT2D eigenvalue weighted by atomic mass is 16.5. The van der Waals surface area contributed by atoms with E-state index in [1.807, 2.05) is 13.8 Å². The average Bonchev–Trinajstić information content (AvgIpc) is 2.22. The Morgan fingerprint density at radius 3 is 2.80 bits per heavy atom. The lowest BCUT2D eigenvalue weighted by molar-refractivity contribution is -0.140. The van der Waals surface area contributed by atoms with Crippen LogP contribution in [0.25, 0.3) is 0 Å². The van der Waals surface area contributed by atoms with Crippen LogP contribution in [0.15, 0.2) is 11.6 Å². The van der Waals surface area contributed by atoms with Gasteiger partial charge in [0.15, 0.2) is 0 Å². The molecule has 3 atom stereocenters. The van der Waals surface area contributed by atoms with Gasteiger partial charge in [0.2, 0.25) is 0 Å². The van der Waals surface area contributed by atoms with Crippen molar-refractivity contribution >= 4 is 5.97 Å². The van der Waals surface area contributed by atoms with E-state index in [2.05, 4.69) is 10.8 Å². The summed E-state index contributed by atoms with van der Waals surface area (Å²) in [6.07, 6.45) is 3.94. The first kappa shape index (κ1) is 12.2. The SMILES string of the molecule is COC(=O)CCC1=CC(C)C(O)C(C)C1. The van der Waals surface area contributed by atoms with Crippen LogP contribution in [0.2, 0.25) is 0 Å². The Balaban J connectivity index is 2.49. The molecule has 86 valence electrons. The van der Waals surface area contributed by atoms with Crippen LogP contribution < -0.4 is 0 Å². The maximum Gasteiger partial charge on any atom is 0.305 e. The zero-order valence-electron chi connectivity index (χ0n) is 9.69. The molecule has 0 saturated heterocycles. The van der Waals surface area contributed by atoms with Gasteiger partial charge in [0, 0.05) is 12.3 Å². The fourth-order valence-electron chi connectivity index (χ4n) is 2.14. The first-order valence-electron chi connectivity index (χ1n) is 5.49. The van der Waals surface area contributed by atoms with Crippen LogP contribution in [0.3, 0.4) is 0 Å². The molecule has 0 bridgehead atoms. The number of hydrogen-bond donors (Lipinski definition) is 1. The van der Waals surface area contributed by atoms with Crippen molar-refractivity contribution in [2.45, 2.75) is 39.2 Å². The number of esters is 1. The molecule has 0 radical (unpaired) electrons. The summed E-state index contributed by atoms with van der Waals surface area (Å²) in [6.45, 7) is 4.06. The molecule has 15 heavy (non-hydrogen) atoms. The topological polar surface area (TPSA) is 46.5 Å². The number of allylic oxidation sites excluding steroid dienone is 1. The maximum absolute atomic E-state index is 11.0. The Labute approximate surface area is 91.1 Å². The van der Waals surface area contributed by atoms with E-state index < -0.39 is 0 Å². The third-order valence-corrected chi connectivity index (χ3v) is 3.08. The second kappa shape index (κ2) is 5.31. The summed E-state index contributed by atoms with van der Waals surface area (Å²) in [5, 5.41) is 9.75. The first-order chi connectivity index (χ1) is 7.04. The van der Waals surface area contributed by atoms with Gasteiger partial charge in [-0.2, -0.15) is 0 Å². The van der Waals surface area contributed by atoms with E-state index in [0.29, 0.717) is 6.42 Å². The molecule has 0 aromatic rings. The van der Waals surface area contributed by atoms with Crippen LogP contribution in [0.5, 0.6) is 0 Å². The van der Waals surface area contributed by atoms with Crippen molar-refractivity contribution in [1.82, 2.24) is 0 Å². The van der Waals surface area contributed by atoms with E-state index in [0.717, 1.165) is 12.8 Å². The largest absolute Gasteiger partial charge is 0.469 e. The first-order valence-corrected chi connectivity index (χ1v) is 5.49. The molecule has 1 aliphatic rings. The number of rotatable bonds is 3. The van der Waals surface area contributed by atoms with Gasteiger partial charge in [-0.05, 0) is 18.8 Å². The number of aliphatic hydroxyl groups excluding tert-OH is 1. The molecule has 1 aliphatic carbocycles. The van der Waals surface area contributed by atoms with Gasteiger partial charge in [-0.15, -0.1) is 0 Å². The molecular formula is C12H20O3. The molecule has 3 unspecified atom stereocenters. The van der Waals surface area contributed by atoms with Crippen LogP contribution >= 0.6 is 0 Å². The van der Waals surface area contributed by atoms with Crippen molar-refractivity contribution in [3.8, 4) is 0 Å². The van der Waals surface area contributed by atoms with Crippen molar-refractivity contribution < 1.29 is 14.6 Å². The second-order valence-electron chi connectivity index (χ2n) is 4.43. The van der Waals surface area contributed by atoms with Crippen LogP contribution in [0, 0.1) is 11.8 Å². The highest BCUT2D eigenvalue weighted by Gasteiger charge is 2.25. The Morgan fingerprint density at radius 1 is 1.60 bits per heavy atom. The van der Waals surface area contributed by atoms with Gasteiger partial charge in [-0.1, -0.05) is 25.5 Å². The van der Waals surface area contributed by atoms with E-state index >= 15 is 0 Å². The predicted octanol–water partition coefficient (Wildman–Crippen LogP) is 1.90. The molecule has 0 aromatic carbocycles. The van der Waals surface area contributed by atoms with E-state index in [-0.39, 0.29) is 23.9 Å². The molecule has 0 aromatic heterocycles. The summed E-state index contributed by atoms with van der Waals surface area (Å²) in [6, 6.07) is 0. The van der Waals surface area contributed by atoms with Crippen LogP contribution in [0.4, 0.5) is 0 Å². The summed E-state index contributed by atoms with van der Waals surface area (Å²) >= 11 is 0. The van der Waals surface area contributed by atoms with Crippen LogP contribution in [0.1, 0.15) is 33.1 Å². The lowest BCUT2D eigenvalue weighted by Gasteiger charge is -2.29. The summed E-state index contributed by atoms with van der Waals surface area (Å²) in [5.74, 6) is 0.321. The van der Waals surface area contributed by atoms with E-state index in [9.17, 15) is 9.90 Å². The zero-order valence-corrected chi connectivity index (χ0v) is 9.69. The molecule has 1 N–H and O–H groups in total. The highest BCUT2D eigenvalue weighted by molar-refractivity contribution is 5.69. The van der Waals surface area contributed by atoms with Crippen molar-refractivity contribution in [2.75, 3.05) is 7.11 Å². The molecule has 3 nitrogen and oxygen atoms in total. The van der Waals surface area contributed by atoms with Gasteiger partial charge in [0.1, 0.15) is 0 Å². The second-order valence-corrected chi connectivity index (χ2v) is 4.43. The van der Waals surface area contributed by atoms with Crippen LogP contribution in [-0.4, -0.2) is 24.3 Å². The minimum absolute atomic E-state index is 0.165. The number of methoxy groups -OCH3 is 1. The lowest BCUT2D eigenvalue weighted by atomic mass is 9.80. The molecule has 0 heterocycles. The fraction of sp³-hybridized carbons (Fsp3) is 0.750. The number of hydrogen-bond acceptors (Lipinski definition) is 3. The molecular weight excluding hydrogens is 192 g/mol. The number of ether oxygens (including phenoxy) is 1. The van der Waals surface area contributed by atoms with E-state index in [1.165, 1.54) is 12.7 Å². The van der Waals surface area contributed by atoms with Crippen molar-refractivity contribution in [3.05, 3.63) is 11.6 Å². The van der Waals surface area contributed by atoms with Crippen LogP contribution in [-0.2, 0) is 9.53 Å². The van der Waals surface area contributed by atoms with Gasteiger partial charge in [0.05, 0.1) is 13.2 Å². The zero-order chi connectivity index (χ0) is 11.4. The third-order valence-electron chi connectivity index (χ3n) is 3.08. The Bertz CT molecular complexity index is 258. The van der Waals surface area contributed by atoms with Gasteiger partial charge in [-0.25, -0.2) is 0 Å². The number of carbonyl (C=O) groups excluding carboxylic acids is 1. The monoisotopic (exact) mass is 212 g/mol. The molecule has 0 spiro atoms. The Kier molecular flexibility index (Phi) is 4.33. The molecule has 0 amide bonds. The Hall–Kier alpha value is -0.830. The molecule has 0 aliphatic heterocycles. The highest BCUT2D eigenvalue weighted by Crippen LogP contribution is 2.30. The van der Waals surface area contributed by atoms with Crippen molar-refractivity contribution in [1.29, 1.82) is 0 Å². The van der Waals surface area contributed by atoms with E-state index in [1.54, 1.807) is 0 Å².